The summed E-state index contributed by atoms with van der Waals surface area (Å²) in [5, 5.41) is 4.35. The van der Waals surface area contributed by atoms with Crippen LogP contribution in [0.15, 0.2) is 67.4 Å². The van der Waals surface area contributed by atoms with Gasteiger partial charge in [-0.1, -0.05) is 18.2 Å². The number of anilines is 1. The number of benzene rings is 1. The van der Waals surface area contributed by atoms with Crippen molar-refractivity contribution in [1.29, 1.82) is 0 Å². The van der Waals surface area contributed by atoms with E-state index in [0.717, 1.165) is 11.5 Å². The lowest BCUT2D eigenvalue weighted by Crippen LogP contribution is -2.26. The standard InChI is InChI=1S/C16H16N4O2/c1-2-22-16(21)19-12-10-18(11-13-19)15-8-9-17-20(15)14-6-4-3-5-7-14/h3-13H,2H2,1H3. The Labute approximate surface area is 128 Å². The second-order valence-corrected chi connectivity index (χ2v) is 4.55. The van der Waals surface area contributed by atoms with Crippen LogP contribution in [0.25, 0.3) is 5.69 Å². The maximum absolute atomic E-state index is 11.6. The second kappa shape index (κ2) is 6.17. The van der Waals surface area contributed by atoms with Crippen LogP contribution in [0.4, 0.5) is 10.6 Å². The van der Waals surface area contributed by atoms with Crippen LogP contribution in [0, 0.1) is 0 Å². The predicted octanol–water partition coefficient (Wildman–Crippen LogP) is 3.09. The molecule has 0 aliphatic carbocycles. The Morgan fingerprint density at radius 1 is 1.09 bits per heavy atom. The molecule has 3 rings (SSSR count). The Hall–Kier alpha value is -3.02. The van der Waals surface area contributed by atoms with Gasteiger partial charge >= 0.3 is 6.09 Å². The molecule has 0 saturated carbocycles. The van der Waals surface area contributed by atoms with Crippen molar-refractivity contribution in [3.63, 3.8) is 0 Å². The van der Waals surface area contributed by atoms with E-state index in [1.165, 1.54) is 4.90 Å². The molecule has 1 amide bonds. The zero-order valence-corrected chi connectivity index (χ0v) is 12.2. The van der Waals surface area contributed by atoms with Gasteiger partial charge in [-0.15, -0.1) is 0 Å². The normalized spacial score (nSPS) is 13.5. The van der Waals surface area contributed by atoms with Gasteiger partial charge in [-0.3, -0.25) is 4.90 Å². The van der Waals surface area contributed by atoms with E-state index in [1.54, 1.807) is 37.9 Å². The SMILES string of the molecule is CCOC(=O)N1C=CN(c2ccnn2-c2ccccc2)C=C1. The third kappa shape index (κ3) is 2.71. The maximum atomic E-state index is 11.6. The highest BCUT2D eigenvalue weighted by atomic mass is 16.6. The number of carbonyl (C=O) groups excluding carboxylic acids is 1. The largest absolute Gasteiger partial charge is 0.449 e. The van der Waals surface area contributed by atoms with Crippen molar-refractivity contribution >= 4 is 11.9 Å². The molecule has 22 heavy (non-hydrogen) atoms. The number of amides is 1. The summed E-state index contributed by atoms with van der Waals surface area (Å²) in [6.45, 7) is 2.13. The predicted molar refractivity (Wildman–Crippen MR) is 83.2 cm³/mol. The van der Waals surface area contributed by atoms with Gasteiger partial charge in [-0.05, 0) is 19.1 Å². The smallest absolute Gasteiger partial charge is 0.418 e. The van der Waals surface area contributed by atoms with Crippen molar-refractivity contribution in [2.75, 3.05) is 11.5 Å². The average Bonchev–Trinajstić information content (AvgIpc) is 3.06. The first-order valence-corrected chi connectivity index (χ1v) is 6.99. The molecule has 0 atom stereocenters. The number of carbonyl (C=O) groups is 1. The van der Waals surface area contributed by atoms with E-state index in [9.17, 15) is 4.79 Å². The number of nitrogens with zero attached hydrogens (tertiary/aromatic N) is 4. The van der Waals surface area contributed by atoms with E-state index in [1.807, 2.05) is 46.0 Å². The lowest BCUT2D eigenvalue weighted by atomic mass is 10.3. The van der Waals surface area contributed by atoms with Gasteiger partial charge in [0.25, 0.3) is 0 Å². The van der Waals surface area contributed by atoms with E-state index < -0.39 is 6.09 Å². The van der Waals surface area contributed by atoms with Crippen LogP contribution in [0.5, 0.6) is 0 Å². The molecule has 2 aromatic rings. The van der Waals surface area contributed by atoms with Crippen LogP contribution < -0.4 is 4.90 Å². The van der Waals surface area contributed by atoms with Gasteiger partial charge in [0, 0.05) is 30.9 Å². The van der Waals surface area contributed by atoms with Crippen LogP contribution >= 0.6 is 0 Å². The summed E-state index contributed by atoms with van der Waals surface area (Å²) in [6.07, 6.45) is 8.22. The first-order valence-electron chi connectivity index (χ1n) is 6.99. The lowest BCUT2D eigenvalue weighted by molar-refractivity contribution is 0.133. The van der Waals surface area contributed by atoms with Gasteiger partial charge in [0.15, 0.2) is 0 Å². The fourth-order valence-corrected chi connectivity index (χ4v) is 2.12. The van der Waals surface area contributed by atoms with Gasteiger partial charge in [-0.2, -0.15) is 5.10 Å². The number of rotatable bonds is 3. The highest BCUT2D eigenvalue weighted by Gasteiger charge is 2.15. The second-order valence-electron chi connectivity index (χ2n) is 4.55. The Balaban J connectivity index is 1.81. The minimum atomic E-state index is -0.397. The zero-order valence-electron chi connectivity index (χ0n) is 12.2. The molecule has 0 fully saturated rings. The molecule has 0 spiro atoms. The van der Waals surface area contributed by atoms with Crippen molar-refractivity contribution in [2.24, 2.45) is 0 Å². The zero-order chi connectivity index (χ0) is 15.4. The summed E-state index contributed by atoms with van der Waals surface area (Å²) in [6, 6.07) is 11.8. The van der Waals surface area contributed by atoms with Crippen molar-refractivity contribution < 1.29 is 9.53 Å². The first-order chi connectivity index (χ1) is 10.8. The summed E-state index contributed by atoms with van der Waals surface area (Å²) < 4.78 is 6.78. The van der Waals surface area contributed by atoms with E-state index in [-0.39, 0.29) is 0 Å². The van der Waals surface area contributed by atoms with Gasteiger partial charge in [-0.25, -0.2) is 9.48 Å². The molecule has 0 radical (unpaired) electrons. The molecule has 0 unspecified atom stereocenters. The Bertz CT molecular complexity index is 692. The third-order valence-electron chi connectivity index (χ3n) is 3.14. The van der Waals surface area contributed by atoms with Crippen molar-refractivity contribution in [2.45, 2.75) is 6.92 Å². The number of para-hydroxylation sites is 1. The summed E-state index contributed by atoms with van der Waals surface area (Å²) in [5.74, 6) is 0.877. The molecule has 0 bridgehead atoms. The minimum absolute atomic E-state index is 0.349. The molecule has 1 aromatic carbocycles. The molecule has 6 nitrogen and oxygen atoms in total. The molecular formula is C16H16N4O2. The summed E-state index contributed by atoms with van der Waals surface area (Å²) in [5.41, 5.74) is 0.970. The molecule has 6 heteroatoms. The Morgan fingerprint density at radius 3 is 2.50 bits per heavy atom. The van der Waals surface area contributed by atoms with Crippen LogP contribution in [0.3, 0.4) is 0 Å². The molecule has 1 aliphatic rings. The van der Waals surface area contributed by atoms with Crippen LogP contribution in [0.2, 0.25) is 0 Å². The fraction of sp³-hybridized carbons (Fsp3) is 0.125. The molecule has 1 aliphatic heterocycles. The number of hydrogen-bond acceptors (Lipinski definition) is 4. The van der Waals surface area contributed by atoms with Crippen molar-refractivity contribution in [3.8, 4) is 5.69 Å². The maximum Gasteiger partial charge on any atom is 0.418 e. The quantitative estimate of drug-likeness (QED) is 0.873. The van der Waals surface area contributed by atoms with Crippen molar-refractivity contribution in [3.05, 3.63) is 67.4 Å². The number of aromatic nitrogens is 2. The summed E-state index contributed by atoms with van der Waals surface area (Å²) in [7, 11) is 0. The van der Waals surface area contributed by atoms with Gasteiger partial charge in [0.1, 0.15) is 5.82 Å². The number of ether oxygens (including phenoxy) is 1. The topological polar surface area (TPSA) is 50.6 Å². The van der Waals surface area contributed by atoms with Crippen LogP contribution in [-0.2, 0) is 4.74 Å². The van der Waals surface area contributed by atoms with Gasteiger partial charge in [0.05, 0.1) is 18.5 Å². The summed E-state index contributed by atoms with van der Waals surface area (Å²) >= 11 is 0. The van der Waals surface area contributed by atoms with E-state index in [2.05, 4.69) is 5.10 Å². The Morgan fingerprint density at radius 2 is 1.82 bits per heavy atom. The highest BCUT2D eigenvalue weighted by Crippen LogP contribution is 2.21. The monoisotopic (exact) mass is 296 g/mol. The van der Waals surface area contributed by atoms with E-state index in [0.29, 0.717) is 6.61 Å². The van der Waals surface area contributed by atoms with Crippen LogP contribution in [0.1, 0.15) is 6.92 Å². The summed E-state index contributed by atoms with van der Waals surface area (Å²) in [4.78, 5) is 14.9. The van der Waals surface area contributed by atoms with E-state index in [4.69, 9.17) is 4.74 Å². The van der Waals surface area contributed by atoms with Crippen LogP contribution in [-0.4, -0.2) is 27.4 Å². The molecule has 0 saturated heterocycles. The van der Waals surface area contributed by atoms with E-state index >= 15 is 0 Å². The third-order valence-corrected chi connectivity index (χ3v) is 3.14. The molecule has 112 valence electrons. The lowest BCUT2D eigenvalue weighted by Gasteiger charge is -2.23. The molecule has 0 N–H and O–H groups in total. The first kappa shape index (κ1) is 13.9. The van der Waals surface area contributed by atoms with Crippen molar-refractivity contribution in [1.82, 2.24) is 14.7 Å². The molecular weight excluding hydrogens is 280 g/mol. The molecule has 1 aromatic heterocycles. The highest BCUT2D eigenvalue weighted by molar-refractivity contribution is 5.71. The number of hydrogen-bond donors (Lipinski definition) is 0. The van der Waals surface area contributed by atoms with Gasteiger partial charge < -0.3 is 9.64 Å². The van der Waals surface area contributed by atoms with Gasteiger partial charge in [0.2, 0.25) is 0 Å². The fourth-order valence-electron chi connectivity index (χ4n) is 2.12. The Kier molecular flexibility index (Phi) is 3.91. The minimum Gasteiger partial charge on any atom is -0.449 e. The molecule has 2 heterocycles. The average molecular weight is 296 g/mol.